The summed E-state index contributed by atoms with van der Waals surface area (Å²) in [6.07, 6.45) is -3.86. The molecular weight excluding hydrogens is 334 g/mol. The maximum absolute atomic E-state index is 12.4. The van der Waals surface area contributed by atoms with Gasteiger partial charge in [-0.05, 0) is 6.07 Å². The van der Waals surface area contributed by atoms with Crippen molar-refractivity contribution >= 4 is 28.9 Å². The second-order valence-corrected chi connectivity index (χ2v) is 4.45. The number of aromatic nitrogens is 2. The highest BCUT2D eigenvalue weighted by Crippen LogP contribution is 2.42. The molecule has 2 rings (SSSR count). The van der Waals surface area contributed by atoms with Crippen LogP contribution in [0.25, 0.3) is 0 Å². The Kier molecular flexibility index (Phi) is 4.29. The SMILES string of the molecule is Nc1cc(Cl)c(Oc2cc(Cl)ncn2)c(OC(F)(F)F)c1. The molecule has 0 radical (unpaired) electrons. The number of rotatable bonds is 3. The van der Waals surface area contributed by atoms with E-state index in [2.05, 4.69) is 14.7 Å². The molecule has 0 bridgehead atoms. The molecule has 0 saturated heterocycles. The summed E-state index contributed by atoms with van der Waals surface area (Å²) in [6.45, 7) is 0. The molecule has 5 nitrogen and oxygen atoms in total. The lowest BCUT2D eigenvalue weighted by atomic mass is 10.3. The van der Waals surface area contributed by atoms with E-state index in [-0.39, 0.29) is 21.7 Å². The summed E-state index contributed by atoms with van der Waals surface area (Å²) in [5.41, 5.74) is 5.41. The Morgan fingerprint density at radius 2 is 1.81 bits per heavy atom. The van der Waals surface area contributed by atoms with E-state index in [1.54, 1.807) is 0 Å². The lowest BCUT2D eigenvalue weighted by Gasteiger charge is -2.15. The number of benzene rings is 1. The van der Waals surface area contributed by atoms with Gasteiger partial charge in [-0.3, -0.25) is 0 Å². The summed E-state index contributed by atoms with van der Waals surface area (Å²) < 4.78 is 46.1. The Morgan fingerprint density at radius 1 is 1.10 bits per heavy atom. The molecule has 0 atom stereocenters. The number of hydrogen-bond donors (Lipinski definition) is 1. The van der Waals surface area contributed by atoms with E-state index in [1.165, 1.54) is 12.1 Å². The highest BCUT2D eigenvalue weighted by molar-refractivity contribution is 6.32. The topological polar surface area (TPSA) is 70.3 Å². The van der Waals surface area contributed by atoms with E-state index in [0.717, 1.165) is 12.4 Å². The van der Waals surface area contributed by atoms with Crippen LogP contribution in [-0.2, 0) is 0 Å². The molecule has 1 heterocycles. The summed E-state index contributed by atoms with van der Waals surface area (Å²) in [6, 6.07) is 3.34. The average molecular weight is 340 g/mol. The van der Waals surface area contributed by atoms with E-state index in [0.29, 0.717) is 0 Å². The second kappa shape index (κ2) is 5.82. The minimum atomic E-state index is -4.93. The van der Waals surface area contributed by atoms with Crippen LogP contribution in [0.3, 0.4) is 0 Å². The molecule has 10 heteroatoms. The third kappa shape index (κ3) is 4.27. The van der Waals surface area contributed by atoms with Crippen LogP contribution in [0, 0.1) is 0 Å². The maximum atomic E-state index is 12.4. The first-order valence-electron chi connectivity index (χ1n) is 5.25. The lowest BCUT2D eigenvalue weighted by Crippen LogP contribution is -2.17. The van der Waals surface area contributed by atoms with Gasteiger partial charge in [0.05, 0.1) is 5.02 Å². The molecule has 0 saturated carbocycles. The van der Waals surface area contributed by atoms with Crippen molar-refractivity contribution in [3.8, 4) is 17.4 Å². The third-order valence-electron chi connectivity index (χ3n) is 2.07. The standard InChI is InChI=1S/C11H6Cl2F3N3O2/c12-6-1-5(17)2-7(21-11(14,15)16)10(6)20-9-3-8(13)18-4-19-9/h1-4H,17H2. The summed E-state index contributed by atoms with van der Waals surface area (Å²) in [4.78, 5) is 7.30. The first-order valence-corrected chi connectivity index (χ1v) is 6.00. The van der Waals surface area contributed by atoms with Gasteiger partial charge < -0.3 is 15.2 Å². The number of alkyl halides is 3. The van der Waals surface area contributed by atoms with Crippen LogP contribution in [0.15, 0.2) is 24.5 Å². The van der Waals surface area contributed by atoms with E-state index in [1.807, 2.05) is 0 Å². The minimum Gasteiger partial charge on any atom is -0.433 e. The molecule has 2 N–H and O–H groups in total. The Bertz CT molecular complexity index is 668. The fourth-order valence-corrected chi connectivity index (χ4v) is 1.76. The second-order valence-electron chi connectivity index (χ2n) is 3.66. The number of anilines is 1. The normalized spacial score (nSPS) is 11.3. The number of nitrogen functional groups attached to an aromatic ring is 1. The van der Waals surface area contributed by atoms with Gasteiger partial charge in [-0.2, -0.15) is 0 Å². The van der Waals surface area contributed by atoms with Gasteiger partial charge >= 0.3 is 6.36 Å². The predicted octanol–water partition coefficient (Wildman–Crippen LogP) is 4.06. The maximum Gasteiger partial charge on any atom is 0.573 e. The molecule has 0 aliphatic heterocycles. The Morgan fingerprint density at radius 3 is 2.43 bits per heavy atom. The van der Waals surface area contributed by atoms with Crippen LogP contribution in [0.5, 0.6) is 17.4 Å². The fourth-order valence-electron chi connectivity index (χ4n) is 1.37. The van der Waals surface area contributed by atoms with Gasteiger partial charge in [-0.25, -0.2) is 9.97 Å². The van der Waals surface area contributed by atoms with Crippen molar-refractivity contribution in [1.29, 1.82) is 0 Å². The molecule has 0 aliphatic carbocycles. The van der Waals surface area contributed by atoms with Gasteiger partial charge in [0.15, 0.2) is 11.5 Å². The Balaban J connectivity index is 2.41. The molecule has 1 aromatic carbocycles. The number of nitrogens with zero attached hydrogens (tertiary/aromatic N) is 2. The highest BCUT2D eigenvalue weighted by Gasteiger charge is 2.33. The summed E-state index contributed by atoms with van der Waals surface area (Å²) in [7, 11) is 0. The summed E-state index contributed by atoms with van der Waals surface area (Å²) in [5, 5.41) is -0.131. The van der Waals surface area contributed by atoms with Gasteiger partial charge in [-0.15, -0.1) is 13.2 Å². The monoisotopic (exact) mass is 339 g/mol. The van der Waals surface area contributed by atoms with E-state index in [4.69, 9.17) is 33.7 Å². The molecule has 112 valence electrons. The van der Waals surface area contributed by atoms with Crippen LogP contribution in [0.1, 0.15) is 0 Å². The Labute approximate surface area is 126 Å². The summed E-state index contributed by atoms with van der Waals surface area (Å²) >= 11 is 11.5. The van der Waals surface area contributed by atoms with E-state index < -0.39 is 17.9 Å². The van der Waals surface area contributed by atoms with Crippen molar-refractivity contribution in [2.75, 3.05) is 5.73 Å². The van der Waals surface area contributed by atoms with Crippen LogP contribution >= 0.6 is 23.2 Å². The van der Waals surface area contributed by atoms with Crippen molar-refractivity contribution in [3.63, 3.8) is 0 Å². The van der Waals surface area contributed by atoms with Crippen molar-refractivity contribution in [3.05, 3.63) is 34.7 Å². The first-order chi connectivity index (χ1) is 9.74. The molecule has 0 aliphatic rings. The van der Waals surface area contributed by atoms with Crippen LogP contribution in [0.2, 0.25) is 10.2 Å². The minimum absolute atomic E-state index is 0.0210. The van der Waals surface area contributed by atoms with Crippen molar-refractivity contribution in [2.24, 2.45) is 0 Å². The predicted molar refractivity (Wildman–Crippen MR) is 69.7 cm³/mol. The van der Waals surface area contributed by atoms with Gasteiger partial charge in [-0.1, -0.05) is 23.2 Å². The molecule has 0 spiro atoms. The number of halogens is 5. The third-order valence-corrected chi connectivity index (χ3v) is 2.56. The Hall–Kier alpha value is -1.93. The van der Waals surface area contributed by atoms with Crippen LogP contribution in [-0.4, -0.2) is 16.3 Å². The van der Waals surface area contributed by atoms with E-state index >= 15 is 0 Å². The largest absolute Gasteiger partial charge is 0.573 e. The number of ether oxygens (including phenoxy) is 2. The molecule has 2 aromatic rings. The zero-order chi connectivity index (χ0) is 15.6. The zero-order valence-corrected chi connectivity index (χ0v) is 11.5. The molecule has 21 heavy (non-hydrogen) atoms. The molecule has 0 unspecified atom stereocenters. The fraction of sp³-hybridized carbons (Fsp3) is 0.0909. The molecular formula is C11H6Cl2F3N3O2. The average Bonchev–Trinajstić information content (AvgIpc) is 2.31. The number of hydrogen-bond acceptors (Lipinski definition) is 5. The van der Waals surface area contributed by atoms with Gasteiger partial charge in [0.2, 0.25) is 5.88 Å². The van der Waals surface area contributed by atoms with Gasteiger partial charge in [0.25, 0.3) is 0 Å². The van der Waals surface area contributed by atoms with Gasteiger partial charge in [0.1, 0.15) is 11.5 Å². The van der Waals surface area contributed by atoms with Crippen LogP contribution in [0.4, 0.5) is 18.9 Å². The smallest absolute Gasteiger partial charge is 0.433 e. The quantitative estimate of drug-likeness (QED) is 0.674. The molecule has 1 aromatic heterocycles. The summed E-state index contributed by atoms with van der Waals surface area (Å²) in [5.74, 6) is -1.19. The van der Waals surface area contributed by atoms with Crippen molar-refractivity contribution < 1.29 is 22.6 Å². The van der Waals surface area contributed by atoms with Crippen molar-refractivity contribution in [2.45, 2.75) is 6.36 Å². The zero-order valence-electron chi connectivity index (χ0n) is 9.99. The van der Waals surface area contributed by atoms with Crippen molar-refractivity contribution in [1.82, 2.24) is 9.97 Å². The number of nitrogens with two attached hydrogens (primary N) is 1. The van der Waals surface area contributed by atoms with Crippen LogP contribution < -0.4 is 15.2 Å². The van der Waals surface area contributed by atoms with Gasteiger partial charge in [0, 0.05) is 17.8 Å². The molecule has 0 amide bonds. The highest BCUT2D eigenvalue weighted by atomic mass is 35.5. The first kappa shape index (κ1) is 15.5. The lowest BCUT2D eigenvalue weighted by molar-refractivity contribution is -0.275. The molecule has 0 fully saturated rings. The van der Waals surface area contributed by atoms with E-state index in [9.17, 15) is 13.2 Å².